The molecule has 7 rings (SSSR count). The predicted octanol–water partition coefficient (Wildman–Crippen LogP) is 5.53. The molecule has 2 fully saturated rings. The fourth-order valence-electron chi connectivity index (χ4n) is 8.00. The average molecular weight is 727 g/mol. The first-order valence-corrected chi connectivity index (χ1v) is 19.4. The molecule has 13 heteroatoms. The lowest BCUT2D eigenvalue weighted by Gasteiger charge is -2.46. The Balaban J connectivity index is 1.34. The van der Waals surface area contributed by atoms with E-state index in [1.54, 1.807) is 46.3 Å². The first kappa shape index (κ1) is 35.3. The first-order chi connectivity index (χ1) is 23.9. The number of anilines is 1. The number of rotatable bonds is 3. The van der Waals surface area contributed by atoms with Crippen LogP contribution >= 0.6 is 11.6 Å². The number of hydrogen-bond donors (Lipinski definition) is 1. The largest absolute Gasteiger partial charge is 0.490 e. The zero-order valence-corrected chi connectivity index (χ0v) is 30.8. The van der Waals surface area contributed by atoms with Gasteiger partial charge in [0.15, 0.2) is 9.92 Å². The number of benzene rings is 2. The number of carbonyl (C=O) groups excluding carboxylic acids is 2. The number of carbonyl (C=O) groups is 2. The van der Waals surface area contributed by atoms with Gasteiger partial charge in [-0.3, -0.25) is 4.79 Å². The van der Waals surface area contributed by atoms with Crippen LogP contribution in [0.1, 0.15) is 50.7 Å². The Hall–Kier alpha value is -3.16. The van der Waals surface area contributed by atoms with Crippen LogP contribution in [0.3, 0.4) is 0 Å². The second kappa shape index (κ2) is 13.8. The maximum Gasteiger partial charge on any atom is 0.330 e. The molecule has 0 unspecified atom stereocenters. The highest BCUT2D eigenvalue weighted by Gasteiger charge is 2.45. The third-order valence-corrected chi connectivity index (χ3v) is 13.2. The third-order valence-electron chi connectivity index (χ3n) is 11.2. The molecule has 3 heterocycles. The van der Waals surface area contributed by atoms with Crippen molar-refractivity contribution in [2.75, 3.05) is 58.5 Å². The number of amides is 3. The summed E-state index contributed by atoms with van der Waals surface area (Å²) in [7, 11) is -0.507. The molecule has 1 saturated heterocycles. The van der Waals surface area contributed by atoms with E-state index in [9.17, 15) is 13.8 Å². The molecule has 50 heavy (non-hydrogen) atoms. The zero-order valence-electron chi connectivity index (χ0n) is 29.2. The van der Waals surface area contributed by atoms with E-state index in [2.05, 4.69) is 26.1 Å². The van der Waals surface area contributed by atoms with E-state index >= 15 is 0 Å². The lowest BCUT2D eigenvalue weighted by Crippen LogP contribution is -2.58. The van der Waals surface area contributed by atoms with Crippen LogP contribution in [0.25, 0.3) is 0 Å². The number of nitrogens with one attached hydrogen (secondary N) is 1. The Bertz CT molecular complexity index is 1800. The second-order valence-corrected chi connectivity index (χ2v) is 17.1. The van der Waals surface area contributed by atoms with E-state index in [1.165, 1.54) is 16.0 Å². The zero-order chi connectivity index (χ0) is 35.3. The fraction of sp³-hybridized carbons (Fsp3) is 0.568. The molecule has 11 nitrogen and oxygen atoms in total. The minimum absolute atomic E-state index is 0.103. The summed E-state index contributed by atoms with van der Waals surface area (Å²) in [5.74, 6) is 0.517. The summed E-state index contributed by atoms with van der Waals surface area (Å²) in [6.45, 7) is 5.88. The molecule has 1 N–H and O–H groups in total. The van der Waals surface area contributed by atoms with Gasteiger partial charge in [-0.2, -0.15) is 0 Å². The average Bonchev–Trinajstić information content (AvgIpc) is 3.20. The quantitative estimate of drug-likeness (QED) is 0.411. The molecule has 2 bridgehead atoms. The van der Waals surface area contributed by atoms with Crippen molar-refractivity contribution >= 4 is 39.1 Å². The molecule has 5 atom stereocenters. The smallest absolute Gasteiger partial charge is 0.330 e. The van der Waals surface area contributed by atoms with Crippen LogP contribution in [0, 0.1) is 11.8 Å². The Morgan fingerprint density at radius 3 is 2.66 bits per heavy atom. The Morgan fingerprint density at radius 2 is 1.92 bits per heavy atom. The highest BCUT2D eigenvalue weighted by molar-refractivity contribution is 7.92. The molecule has 1 saturated carbocycles. The number of urea groups is 1. The molecule has 3 amide bonds. The van der Waals surface area contributed by atoms with Gasteiger partial charge in [0.1, 0.15) is 11.4 Å². The summed E-state index contributed by atoms with van der Waals surface area (Å²) < 4.78 is 45.8. The van der Waals surface area contributed by atoms with Crippen LogP contribution in [0.4, 0.5) is 10.5 Å². The van der Waals surface area contributed by atoms with E-state index in [0.29, 0.717) is 37.9 Å². The number of likely N-dealkylation sites (tertiary alicyclic amines) is 1. The minimum Gasteiger partial charge on any atom is -0.490 e. The molecule has 270 valence electrons. The van der Waals surface area contributed by atoms with Crippen LogP contribution in [0.5, 0.6) is 5.75 Å². The minimum atomic E-state index is -3.83. The maximum atomic E-state index is 15.0. The SMILES string of the molecule is COC1CN(C(=O)N[S@@]2(=O)=NC(=O)C(C)(C)OCC=C[C@H](OC)[C@@H]3CC[C@H]3CN3C[C@@]4(CCCc5cc(Cl)ccc54)COc4ccc2cc43)C1. The van der Waals surface area contributed by atoms with Gasteiger partial charge in [0.2, 0.25) is 0 Å². The molecule has 5 aliphatic rings. The van der Waals surface area contributed by atoms with Crippen LogP contribution in [-0.2, 0) is 40.8 Å². The molecule has 2 aromatic rings. The predicted molar refractivity (Wildman–Crippen MR) is 191 cm³/mol. The molecule has 1 spiro atoms. The number of hydrogen-bond acceptors (Lipinski definition) is 8. The summed E-state index contributed by atoms with van der Waals surface area (Å²) in [5.41, 5.74) is 1.53. The standard InChI is InChI=1S/C37H47ClN4O7S/c1-36(2)34(43)39-50(45,40-35(44)41-20-27(21-41)46-3)28-11-14-33-31(18-28)42(19-25-9-12-29(25)32(47-4)8-6-16-49-36)22-37(23-48-33)15-5-7-24-17-26(38)10-13-30(24)37/h6,8,10-11,13-14,17-18,25,27,29,32H,5,7,9,12,15-16,19-23H2,1-4H3,(H,39,40,43,44,45)/t25-,29+,32-,37-,50-/m0/s1. The molecule has 2 aromatic carbocycles. The highest BCUT2D eigenvalue weighted by Crippen LogP contribution is 2.47. The fourth-order valence-corrected chi connectivity index (χ4v) is 9.81. The molecule has 0 aromatic heterocycles. The van der Waals surface area contributed by atoms with Gasteiger partial charge in [-0.1, -0.05) is 29.8 Å². The van der Waals surface area contributed by atoms with E-state index in [-0.39, 0.29) is 35.0 Å². The van der Waals surface area contributed by atoms with E-state index < -0.39 is 27.5 Å². The number of fused-ring (bicyclic) bond motifs is 4. The Kier molecular flexibility index (Phi) is 9.70. The Labute approximate surface area is 299 Å². The van der Waals surface area contributed by atoms with Gasteiger partial charge in [0.25, 0.3) is 5.91 Å². The van der Waals surface area contributed by atoms with Gasteiger partial charge < -0.3 is 28.7 Å². The number of methoxy groups -OCH3 is 2. The molecular weight excluding hydrogens is 680 g/mol. The van der Waals surface area contributed by atoms with Crippen molar-refractivity contribution in [1.82, 2.24) is 9.62 Å². The van der Waals surface area contributed by atoms with Crippen molar-refractivity contribution in [2.45, 2.75) is 74.1 Å². The summed E-state index contributed by atoms with van der Waals surface area (Å²) in [5, 5.41) is 0.726. The second-order valence-electron chi connectivity index (χ2n) is 14.8. The molecule has 0 radical (unpaired) electrons. The van der Waals surface area contributed by atoms with E-state index in [1.807, 2.05) is 18.2 Å². The number of ether oxygens (including phenoxy) is 4. The van der Waals surface area contributed by atoms with Gasteiger partial charge in [-0.05, 0) is 99.2 Å². The molecule has 2 aliphatic carbocycles. The van der Waals surface area contributed by atoms with Crippen molar-refractivity contribution in [3.8, 4) is 5.75 Å². The monoisotopic (exact) mass is 726 g/mol. The van der Waals surface area contributed by atoms with Gasteiger partial charge >= 0.3 is 6.03 Å². The van der Waals surface area contributed by atoms with Crippen LogP contribution in [0.15, 0.2) is 57.8 Å². The number of halogens is 1. The van der Waals surface area contributed by atoms with Crippen molar-refractivity contribution < 1.29 is 32.7 Å². The summed E-state index contributed by atoms with van der Waals surface area (Å²) in [6.07, 6.45) is 8.67. The van der Waals surface area contributed by atoms with Gasteiger partial charge in [0.05, 0.1) is 49.1 Å². The number of aryl methyl sites for hydroxylation is 1. The van der Waals surface area contributed by atoms with Crippen molar-refractivity contribution in [2.24, 2.45) is 16.2 Å². The van der Waals surface area contributed by atoms with Crippen LogP contribution in [-0.4, -0.2) is 92.5 Å². The van der Waals surface area contributed by atoms with Crippen molar-refractivity contribution in [3.05, 3.63) is 64.7 Å². The topological polar surface area (TPSA) is 119 Å². The van der Waals surface area contributed by atoms with Crippen LogP contribution in [0.2, 0.25) is 5.02 Å². The number of nitrogens with zero attached hydrogens (tertiary/aromatic N) is 3. The van der Waals surface area contributed by atoms with Gasteiger partial charge in [-0.25, -0.2) is 13.7 Å². The summed E-state index contributed by atoms with van der Waals surface area (Å²) in [4.78, 5) is 31.3. The Morgan fingerprint density at radius 1 is 1.10 bits per heavy atom. The van der Waals surface area contributed by atoms with Crippen LogP contribution < -0.4 is 14.4 Å². The first-order valence-electron chi connectivity index (χ1n) is 17.5. The van der Waals surface area contributed by atoms with Crippen molar-refractivity contribution in [3.63, 3.8) is 0 Å². The normalized spacial score (nSPS) is 30.9. The highest BCUT2D eigenvalue weighted by atomic mass is 35.5. The summed E-state index contributed by atoms with van der Waals surface area (Å²) >= 11 is 6.46. The van der Waals surface area contributed by atoms with Gasteiger partial charge in [-0.15, -0.1) is 4.36 Å². The summed E-state index contributed by atoms with van der Waals surface area (Å²) in [6, 6.07) is 10.8. The van der Waals surface area contributed by atoms with E-state index in [0.717, 1.165) is 49.4 Å². The molecule has 3 aliphatic heterocycles. The van der Waals surface area contributed by atoms with E-state index in [4.69, 9.17) is 30.5 Å². The lowest BCUT2D eigenvalue weighted by molar-refractivity contribution is -0.137. The van der Waals surface area contributed by atoms with Gasteiger partial charge in [0, 0.05) is 37.7 Å². The van der Waals surface area contributed by atoms with Crippen molar-refractivity contribution in [1.29, 1.82) is 0 Å². The molecular formula is C37H47ClN4O7S. The lowest BCUT2D eigenvalue weighted by atomic mass is 9.68. The third kappa shape index (κ3) is 6.65. The maximum absolute atomic E-state index is 15.0.